The number of carboxylic acids is 1. The number of nitrogens with zero attached hydrogens (tertiary/aromatic N) is 1. The summed E-state index contributed by atoms with van der Waals surface area (Å²) < 4.78 is 26.5. The lowest BCUT2D eigenvalue weighted by Gasteiger charge is -2.32. The summed E-state index contributed by atoms with van der Waals surface area (Å²) in [6.07, 6.45) is 1.47. The van der Waals surface area contributed by atoms with Crippen molar-refractivity contribution in [3.05, 3.63) is 53.6 Å². The minimum Gasteiger partial charge on any atom is -0.480 e. The zero-order chi connectivity index (χ0) is 19.4. The predicted octanol–water partition coefficient (Wildman–Crippen LogP) is 4.54. The largest absolute Gasteiger partial charge is 0.480 e. The van der Waals surface area contributed by atoms with Gasteiger partial charge in [0.15, 0.2) is 0 Å². The van der Waals surface area contributed by atoms with Crippen molar-refractivity contribution >= 4 is 30.4 Å². The van der Waals surface area contributed by atoms with Gasteiger partial charge in [0.1, 0.15) is 18.0 Å². The second-order valence-corrected chi connectivity index (χ2v) is 9.15. The average Bonchev–Trinajstić information content (AvgIpc) is 2.78. The van der Waals surface area contributed by atoms with Crippen LogP contribution in [0.3, 0.4) is 0 Å². The van der Waals surface area contributed by atoms with E-state index in [1.54, 1.807) is 48.5 Å². The zero-order valence-electron chi connectivity index (χ0n) is 14.9. The van der Waals surface area contributed by atoms with Gasteiger partial charge in [0.2, 0.25) is 0 Å². The summed E-state index contributed by atoms with van der Waals surface area (Å²) in [4.78, 5) is 11.3. The average molecular weight is 410 g/mol. The van der Waals surface area contributed by atoms with Crippen molar-refractivity contribution in [1.29, 1.82) is 0 Å². The summed E-state index contributed by atoms with van der Waals surface area (Å²) in [6, 6.07) is 13.5. The number of halogens is 1. The first-order valence-electron chi connectivity index (χ1n) is 8.66. The lowest BCUT2D eigenvalue weighted by Crippen LogP contribution is -2.37. The van der Waals surface area contributed by atoms with Gasteiger partial charge in [0, 0.05) is 11.1 Å². The van der Waals surface area contributed by atoms with E-state index in [4.69, 9.17) is 20.9 Å². The lowest BCUT2D eigenvalue weighted by molar-refractivity contribution is -0.137. The molecule has 8 heteroatoms. The van der Waals surface area contributed by atoms with Gasteiger partial charge >= 0.3 is 13.5 Å². The third-order valence-corrected chi connectivity index (χ3v) is 7.34. The van der Waals surface area contributed by atoms with E-state index in [1.807, 2.05) is 6.92 Å². The second kappa shape index (κ2) is 8.44. The van der Waals surface area contributed by atoms with Gasteiger partial charge < -0.3 is 14.4 Å². The molecular weight excluding hydrogens is 389 g/mol. The van der Waals surface area contributed by atoms with E-state index in [0.29, 0.717) is 28.4 Å². The molecule has 1 N–H and O–H groups in total. The number of hydrogen-bond acceptors (Lipinski definition) is 4. The Hall–Kier alpha value is -1.85. The van der Waals surface area contributed by atoms with E-state index in [0.717, 1.165) is 12.8 Å². The van der Waals surface area contributed by atoms with Crippen LogP contribution in [0.15, 0.2) is 48.5 Å². The van der Waals surface area contributed by atoms with E-state index >= 15 is 0 Å². The molecule has 27 heavy (non-hydrogen) atoms. The van der Waals surface area contributed by atoms with Crippen LogP contribution in [-0.2, 0) is 13.9 Å². The molecule has 2 aromatic carbocycles. The van der Waals surface area contributed by atoms with Gasteiger partial charge in [-0.15, -0.1) is 0 Å². The van der Waals surface area contributed by atoms with Crippen molar-refractivity contribution in [2.45, 2.75) is 25.8 Å². The fourth-order valence-electron chi connectivity index (χ4n) is 3.00. The Morgan fingerprint density at radius 3 is 2.41 bits per heavy atom. The molecule has 0 bridgehead atoms. The van der Waals surface area contributed by atoms with Crippen LogP contribution in [0.25, 0.3) is 0 Å². The number of carboxylic acid groups (broad SMARTS) is 1. The first-order valence-corrected chi connectivity index (χ1v) is 10.6. The number of benzene rings is 2. The van der Waals surface area contributed by atoms with Gasteiger partial charge in [0.25, 0.3) is 0 Å². The third kappa shape index (κ3) is 4.71. The van der Waals surface area contributed by atoms with Crippen LogP contribution >= 0.6 is 19.1 Å². The Morgan fingerprint density at radius 2 is 1.81 bits per heavy atom. The normalized spacial score (nSPS) is 23.6. The highest BCUT2D eigenvalue weighted by atomic mass is 35.5. The Bertz CT molecular complexity index is 840. The molecule has 0 aromatic heterocycles. The summed E-state index contributed by atoms with van der Waals surface area (Å²) in [6.45, 7) is 1.88. The van der Waals surface area contributed by atoms with Crippen molar-refractivity contribution < 1.29 is 23.7 Å². The van der Waals surface area contributed by atoms with Gasteiger partial charge in [-0.3, -0.25) is 9.36 Å². The lowest BCUT2D eigenvalue weighted by atomic mass is 10.2. The maximum Gasteiger partial charge on any atom is 0.318 e. The van der Waals surface area contributed by atoms with Gasteiger partial charge in [0.05, 0.1) is 11.9 Å². The van der Waals surface area contributed by atoms with Crippen LogP contribution in [0.1, 0.15) is 19.8 Å². The number of rotatable bonds is 5. The van der Waals surface area contributed by atoms with Gasteiger partial charge in [-0.2, -0.15) is 0 Å². The summed E-state index contributed by atoms with van der Waals surface area (Å²) in [5, 5.41) is 10.3. The van der Waals surface area contributed by atoms with Crippen molar-refractivity contribution in [1.82, 2.24) is 4.67 Å². The molecule has 0 radical (unpaired) electrons. The van der Waals surface area contributed by atoms with Crippen LogP contribution in [-0.4, -0.2) is 34.9 Å². The molecule has 1 fully saturated rings. The van der Waals surface area contributed by atoms with Crippen LogP contribution < -0.4 is 10.0 Å². The first kappa shape index (κ1) is 19.9. The Morgan fingerprint density at radius 1 is 1.22 bits per heavy atom. The molecule has 6 nitrogen and oxygen atoms in total. The summed E-state index contributed by atoms with van der Waals surface area (Å²) in [5.74, 6) is 0.168. The number of aliphatic carboxylic acids is 1. The van der Waals surface area contributed by atoms with Crippen LogP contribution in [0.5, 0.6) is 11.5 Å². The fourth-order valence-corrected chi connectivity index (χ4v) is 5.57. The van der Waals surface area contributed by atoms with Crippen molar-refractivity contribution in [2.24, 2.45) is 0 Å². The van der Waals surface area contributed by atoms with E-state index in [1.165, 1.54) is 4.67 Å². The fraction of sp³-hybridized carbons (Fsp3) is 0.316. The highest BCUT2D eigenvalue weighted by Crippen LogP contribution is 2.53. The third-order valence-electron chi connectivity index (χ3n) is 4.39. The number of ether oxygens (including phenoxy) is 1. The molecule has 0 spiro atoms. The van der Waals surface area contributed by atoms with E-state index in [-0.39, 0.29) is 12.6 Å². The standard InChI is InChI=1S/C19H21ClNO5P/c1-14-3-2-12-25-27(24,21(14)13-19(22)23)18-10-8-17(9-11-18)26-16-6-4-15(20)5-7-16/h4-11,14H,2-3,12-13H2,1H3,(H,22,23). The molecular formula is C19H21ClNO5P. The van der Waals surface area contributed by atoms with Crippen LogP contribution in [0, 0.1) is 0 Å². The topological polar surface area (TPSA) is 76.1 Å². The van der Waals surface area contributed by atoms with E-state index in [2.05, 4.69) is 0 Å². The van der Waals surface area contributed by atoms with Gasteiger partial charge in [-0.05, 0) is 68.3 Å². The van der Waals surface area contributed by atoms with Gasteiger partial charge in [-0.25, -0.2) is 4.67 Å². The SMILES string of the molecule is CC1CCCOP(=O)(c2ccc(Oc3ccc(Cl)cc3)cc2)N1CC(=O)O. The molecule has 1 heterocycles. The van der Waals surface area contributed by atoms with Crippen molar-refractivity contribution in [3.8, 4) is 11.5 Å². The summed E-state index contributed by atoms with van der Waals surface area (Å²) in [7, 11) is -3.46. The second-order valence-electron chi connectivity index (χ2n) is 6.39. The molecule has 0 amide bonds. The summed E-state index contributed by atoms with van der Waals surface area (Å²) >= 11 is 5.86. The molecule has 2 unspecified atom stereocenters. The first-order chi connectivity index (χ1) is 12.9. The smallest absolute Gasteiger partial charge is 0.318 e. The maximum absolute atomic E-state index is 13.6. The molecule has 0 saturated carbocycles. The molecule has 1 saturated heterocycles. The quantitative estimate of drug-likeness (QED) is 0.731. The zero-order valence-corrected chi connectivity index (χ0v) is 16.5. The van der Waals surface area contributed by atoms with Crippen LogP contribution in [0.4, 0.5) is 0 Å². The number of carbonyl (C=O) groups is 1. The Kier molecular flexibility index (Phi) is 6.22. The monoisotopic (exact) mass is 409 g/mol. The van der Waals surface area contributed by atoms with E-state index < -0.39 is 13.5 Å². The highest BCUT2D eigenvalue weighted by Gasteiger charge is 2.40. The van der Waals surface area contributed by atoms with Crippen molar-refractivity contribution in [3.63, 3.8) is 0 Å². The van der Waals surface area contributed by atoms with Gasteiger partial charge in [-0.1, -0.05) is 11.6 Å². The maximum atomic E-state index is 13.6. The highest BCUT2D eigenvalue weighted by molar-refractivity contribution is 7.64. The molecule has 144 valence electrons. The predicted molar refractivity (Wildman–Crippen MR) is 104 cm³/mol. The number of hydrogen-bond donors (Lipinski definition) is 1. The minimum atomic E-state index is -3.46. The molecule has 0 aliphatic carbocycles. The molecule has 2 aromatic rings. The van der Waals surface area contributed by atoms with Crippen LogP contribution in [0.2, 0.25) is 5.02 Å². The van der Waals surface area contributed by atoms with E-state index in [9.17, 15) is 14.5 Å². The minimum absolute atomic E-state index is 0.153. The molecule has 2 atom stereocenters. The molecule has 1 aliphatic heterocycles. The molecule has 1 aliphatic rings. The summed E-state index contributed by atoms with van der Waals surface area (Å²) in [5.41, 5.74) is 0. The van der Waals surface area contributed by atoms with Crippen molar-refractivity contribution in [2.75, 3.05) is 13.2 Å². The Labute approximate surface area is 163 Å². The Balaban J connectivity index is 1.85. The molecule has 3 rings (SSSR count).